The van der Waals surface area contributed by atoms with Gasteiger partial charge in [-0.05, 0) is 49.9 Å². The van der Waals surface area contributed by atoms with Gasteiger partial charge >= 0.3 is 0 Å². The molecule has 1 unspecified atom stereocenters. The Balaban J connectivity index is 0.000000425. The smallest absolute Gasteiger partial charge is 0 e. The molecular formula is C23H42Y-2. The van der Waals surface area contributed by atoms with E-state index in [2.05, 4.69) is 54.5 Å². The summed E-state index contributed by atoms with van der Waals surface area (Å²) < 4.78 is 0. The minimum atomic E-state index is 0. The molecule has 0 saturated heterocycles. The molecule has 2 aliphatic rings. The standard InChI is InChI=1S/C12H22.C11H20.Y/c1-4-7-12(8-5-2)9-6-11(3)10-12;1-5-11(4)8-6-7-10(2,3)9-11;/h6H,4-5,7-10H2,1-3H3;1,4-9H2,2-3H3;/q;-2;. The van der Waals surface area contributed by atoms with Gasteiger partial charge in [0.2, 0.25) is 0 Å². The largest absolute Gasteiger partial charge is 0.345 e. The van der Waals surface area contributed by atoms with Crippen LogP contribution in [-0.4, -0.2) is 0 Å². The quantitative estimate of drug-likeness (QED) is 0.320. The molecule has 1 fully saturated rings. The van der Waals surface area contributed by atoms with Crippen LogP contribution in [0.25, 0.3) is 0 Å². The average Bonchev–Trinajstić information content (AvgIpc) is 2.80. The van der Waals surface area contributed by atoms with Crippen molar-refractivity contribution in [3.05, 3.63) is 25.5 Å². The normalized spacial score (nSPS) is 27.5. The van der Waals surface area contributed by atoms with E-state index in [-0.39, 0.29) is 32.7 Å². The predicted octanol–water partition coefficient (Wildman–Crippen LogP) is 7.94. The molecule has 0 nitrogen and oxygen atoms in total. The molecule has 0 amide bonds. The zero-order chi connectivity index (χ0) is 17.6. The topological polar surface area (TPSA) is 0 Å². The molecule has 0 heterocycles. The summed E-state index contributed by atoms with van der Waals surface area (Å²) in [4.78, 5) is 0. The van der Waals surface area contributed by atoms with E-state index in [1.165, 1.54) is 64.2 Å². The predicted molar refractivity (Wildman–Crippen MR) is 105 cm³/mol. The van der Waals surface area contributed by atoms with Crippen molar-refractivity contribution in [1.29, 1.82) is 0 Å². The molecule has 0 bridgehead atoms. The van der Waals surface area contributed by atoms with E-state index in [1.807, 2.05) is 0 Å². The van der Waals surface area contributed by atoms with Crippen LogP contribution in [0.2, 0.25) is 0 Å². The molecule has 2 rings (SSSR count). The Morgan fingerprint density at radius 2 is 1.67 bits per heavy atom. The summed E-state index contributed by atoms with van der Waals surface area (Å²) in [7, 11) is 0. The Morgan fingerprint density at radius 3 is 2.00 bits per heavy atom. The van der Waals surface area contributed by atoms with Gasteiger partial charge in [-0.3, -0.25) is 0 Å². The van der Waals surface area contributed by atoms with E-state index < -0.39 is 0 Å². The van der Waals surface area contributed by atoms with Crippen LogP contribution in [0.1, 0.15) is 105 Å². The molecular weight excluding hydrogens is 365 g/mol. The van der Waals surface area contributed by atoms with Gasteiger partial charge in [0.05, 0.1) is 0 Å². The van der Waals surface area contributed by atoms with Gasteiger partial charge in [0, 0.05) is 32.7 Å². The second-order valence-corrected chi connectivity index (χ2v) is 9.38. The summed E-state index contributed by atoms with van der Waals surface area (Å²) >= 11 is 0. The summed E-state index contributed by atoms with van der Waals surface area (Å²) in [6.07, 6.45) is 16.9. The summed E-state index contributed by atoms with van der Waals surface area (Å²) in [5.41, 5.74) is 3.10. The minimum Gasteiger partial charge on any atom is -0.345 e. The molecule has 0 aliphatic heterocycles. The van der Waals surface area contributed by atoms with Crippen molar-refractivity contribution in [3.8, 4) is 0 Å². The molecule has 139 valence electrons. The first-order valence-corrected chi connectivity index (χ1v) is 10.0. The molecule has 1 atom stereocenters. The summed E-state index contributed by atoms with van der Waals surface area (Å²) in [6.45, 7) is 19.9. The molecule has 1 saturated carbocycles. The fourth-order valence-corrected chi connectivity index (χ4v) is 5.04. The van der Waals surface area contributed by atoms with E-state index in [4.69, 9.17) is 0 Å². The fraction of sp³-hybridized carbons (Fsp3) is 0.826. The van der Waals surface area contributed by atoms with Crippen molar-refractivity contribution in [1.82, 2.24) is 0 Å². The van der Waals surface area contributed by atoms with Crippen LogP contribution in [-0.2, 0) is 32.7 Å². The van der Waals surface area contributed by atoms with E-state index in [1.54, 1.807) is 5.57 Å². The number of rotatable bonds is 5. The van der Waals surface area contributed by atoms with Crippen LogP contribution in [0.3, 0.4) is 0 Å². The van der Waals surface area contributed by atoms with Gasteiger partial charge < -0.3 is 13.8 Å². The fourth-order valence-electron chi connectivity index (χ4n) is 5.04. The molecule has 1 radical (unpaired) electrons. The van der Waals surface area contributed by atoms with Crippen LogP contribution in [0.5, 0.6) is 0 Å². The molecule has 0 aromatic carbocycles. The van der Waals surface area contributed by atoms with Crippen molar-refractivity contribution >= 4 is 0 Å². The van der Waals surface area contributed by atoms with Gasteiger partial charge in [0.25, 0.3) is 0 Å². The maximum absolute atomic E-state index is 4.28. The van der Waals surface area contributed by atoms with Crippen molar-refractivity contribution in [2.75, 3.05) is 0 Å². The average molecular weight is 407 g/mol. The van der Waals surface area contributed by atoms with E-state index in [9.17, 15) is 0 Å². The SMILES string of the molecule is CCCC1(CCC)CC=C(C)C1.[CH2-]CC1([CH2-])CCCC(C)(C)C1.[Y]. The van der Waals surface area contributed by atoms with Crippen LogP contribution < -0.4 is 0 Å². The van der Waals surface area contributed by atoms with Crippen LogP contribution in [0.4, 0.5) is 0 Å². The van der Waals surface area contributed by atoms with Gasteiger partial charge in [-0.25, -0.2) is 6.42 Å². The minimum absolute atomic E-state index is 0. The third-order valence-electron chi connectivity index (χ3n) is 6.04. The molecule has 0 aromatic heterocycles. The first-order valence-electron chi connectivity index (χ1n) is 10.0. The van der Waals surface area contributed by atoms with Crippen molar-refractivity contribution in [3.63, 3.8) is 0 Å². The summed E-state index contributed by atoms with van der Waals surface area (Å²) in [5, 5.41) is 0. The zero-order valence-corrected chi connectivity index (χ0v) is 20.2. The Kier molecular flexibility index (Phi) is 11.2. The van der Waals surface area contributed by atoms with Crippen molar-refractivity contribution in [2.45, 2.75) is 105 Å². The number of hydrogen-bond donors (Lipinski definition) is 0. The third-order valence-corrected chi connectivity index (χ3v) is 6.04. The van der Waals surface area contributed by atoms with Gasteiger partial charge in [0.1, 0.15) is 0 Å². The molecule has 1 heteroatoms. The summed E-state index contributed by atoms with van der Waals surface area (Å²) in [5.74, 6) is 0. The number of hydrogen-bond acceptors (Lipinski definition) is 0. The Morgan fingerprint density at radius 1 is 1.08 bits per heavy atom. The van der Waals surface area contributed by atoms with Crippen LogP contribution in [0, 0.1) is 30.1 Å². The second-order valence-electron chi connectivity index (χ2n) is 9.38. The molecule has 2 aliphatic carbocycles. The van der Waals surface area contributed by atoms with E-state index in [0.29, 0.717) is 16.2 Å². The molecule has 0 aromatic rings. The summed E-state index contributed by atoms with van der Waals surface area (Å²) in [6, 6.07) is 0. The van der Waals surface area contributed by atoms with Gasteiger partial charge in [-0.2, -0.15) is 5.41 Å². The van der Waals surface area contributed by atoms with E-state index >= 15 is 0 Å². The van der Waals surface area contributed by atoms with Crippen LogP contribution in [0.15, 0.2) is 11.6 Å². The Hall–Kier alpha value is 0.844. The monoisotopic (exact) mass is 407 g/mol. The molecule has 24 heavy (non-hydrogen) atoms. The zero-order valence-electron chi connectivity index (χ0n) is 17.3. The van der Waals surface area contributed by atoms with Crippen LogP contribution >= 0.6 is 0 Å². The number of allylic oxidation sites excluding steroid dienone is 2. The van der Waals surface area contributed by atoms with Crippen molar-refractivity contribution < 1.29 is 32.7 Å². The van der Waals surface area contributed by atoms with E-state index in [0.717, 1.165) is 6.42 Å². The maximum atomic E-state index is 4.28. The maximum Gasteiger partial charge on any atom is 0 e. The first kappa shape index (κ1) is 24.8. The Bertz CT molecular complexity index is 373. The first-order chi connectivity index (χ1) is 10.7. The van der Waals surface area contributed by atoms with Crippen molar-refractivity contribution in [2.24, 2.45) is 16.2 Å². The van der Waals surface area contributed by atoms with Gasteiger partial charge in [0.15, 0.2) is 0 Å². The third kappa shape index (κ3) is 8.03. The van der Waals surface area contributed by atoms with Gasteiger partial charge in [-0.15, -0.1) is 0 Å². The second kappa shape index (κ2) is 10.9. The molecule has 0 spiro atoms. The Labute approximate surface area is 178 Å². The molecule has 0 N–H and O–H groups in total. The van der Waals surface area contributed by atoms with Gasteiger partial charge in [-0.1, -0.05) is 71.4 Å².